The molecule has 0 aliphatic rings. The fraction of sp³-hybridized carbons (Fsp3) is 0.176. The second kappa shape index (κ2) is 5.55. The summed E-state index contributed by atoms with van der Waals surface area (Å²) in [7, 11) is 0. The zero-order valence-electron chi connectivity index (χ0n) is 12.8. The summed E-state index contributed by atoms with van der Waals surface area (Å²) >= 11 is 1.74. The molecule has 0 saturated heterocycles. The molecule has 3 aromatic heterocycles. The fourth-order valence-corrected chi connectivity index (χ4v) is 3.35. The van der Waals surface area contributed by atoms with Crippen LogP contribution in [0.1, 0.15) is 24.8 Å². The lowest BCUT2D eigenvalue weighted by Crippen LogP contribution is -1.95. The van der Waals surface area contributed by atoms with E-state index in [1.165, 1.54) is 4.70 Å². The van der Waals surface area contributed by atoms with Crippen LogP contribution in [0.3, 0.4) is 0 Å². The van der Waals surface area contributed by atoms with E-state index < -0.39 is 0 Å². The van der Waals surface area contributed by atoms with Crippen LogP contribution in [0.5, 0.6) is 0 Å². The quantitative estimate of drug-likeness (QED) is 0.602. The Morgan fingerprint density at radius 3 is 2.65 bits per heavy atom. The number of anilines is 2. The van der Waals surface area contributed by atoms with Crippen LogP contribution in [0.25, 0.3) is 21.4 Å². The number of hydrogen-bond donors (Lipinski definition) is 1. The average molecular weight is 321 g/mol. The van der Waals surface area contributed by atoms with Crippen molar-refractivity contribution >= 4 is 44.2 Å². The molecule has 5 nitrogen and oxygen atoms in total. The molecular formula is C17H15N5S. The maximum atomic E-state index is 4.66. The van der Waals surface area contributed by atoms with Gasteiger partial charge in [-0.15, -0.1) is 11.3 Å². The number of pyridine rings is 1. The number of nitrogens with zero attached hydrogens (tertiary/aromatic N) is 4. The van der Waals surface area contributed by atoms with Crippen molar-refractivity contribution in [3.05, 3.63) is 47.7 Å². The SMILES string of the molecule is CC(C)c1nc2ccc(Nc3ccc4nccnc4n3)cc2s1. The highest BCUT2D eigenvalue weighted by molar-refractivity contribution is 7.18. The molecule has 0 unspecified atom stereocenters. The van der Waals surface area contributed by atoms with Crippen molar-refractivity contribution in [2.75, 3.05) is 5.32 Å². The van der Waals surface area contributed by atoms with E-state index in [1.54, 1.807) is 23.7 Å². The molecule has 3 heterocycles. The van der Waals surface area contributed by atoms with Crippen LogP contribution in [0.2, 0.25) is 0 Å². The fourth-order valence-electron chi connectivity index (χ4n) is 2.34. The van der Waals surface area contributed by atoms with E-state index in [9.17, 15) is 0 Å². The van der Waals surface area contributed by atoms with Gasteiger partial charge in [0.2, 0.25) is 0 Å². The summed E-state index contributed by atoms with van der Waals surface area (Å²) in [5, 5.41) is 4.49. The zero-order valence-corrected chi connectivity index (χ0v) is 13.6. The van der Waals surface area contributed by atoms with Gasteiger partial charge in [0.05, 0.1) is 15.2 Å². The van der Waals surface area contributed by atoms with Gasteiger partial charge >= 0.3 is 0 Å². The maximum Gasteiger partial charge on any atom is 0.180 e. The molecule has 0 fully saturated rings. The third kappa shape index (κ3) is 2.73. The molecule has 0 amide bonds. The number of thiazole rings is 1. The molecule has 0 radical (unpaired) electrons. The summed E-state index contributed by atoms with van der Waals surface area (Å²) in [4.78, 5) is 17.6. The van der Waals surface area contributed by atoms with Crippen LogP contribution in [0.4, 0.5) is 11.5 Å². The second-order valence-corrected chi connectivity index (χ2v) is 6.67. The Labute approximate surface area is 137 Å². The molecule has 114 valence electrons. The predicted octanol–water partition coefficient (Wildman–Crippen LogP) is 4.50. The monoisotopic (exact) mass is 321 g/mol. The Balaban J connectivity index is 1.67. The lowest BCUT2D eigenvalue weighted by atomic mass is 10.2. The Bertz CT molecular complexity index is 993. The molecule has 0 bridgehead atoms. The van der Waals surface area contributed by atoms with Gasteiger partial charge in [0.1, 0.15) is 11.3 Å². The highest BCUT2D eigenvalue weighted by atomic mass is 32.1. The van der Waals surface area contributed by atoms with Gasteiger partial charge in [0.15, 0.2) is 5.65 Å². The minimum absolute atomic E-state index is 0.449. The first kappa shape index (κ1) is 14.0. The van der Waals surface area contributed by atoms with Crippen LogP contribution in [0.15, 0.2) is 42.7 Å². The molecule has 1 N–H and O–H groups in total. The summed E-state index contributed by atoms with van der Waals surface area (Å²) in [6.07, 6.45) is 3.32. The molecule has 0 aliphatic carbocycles. The predicted molar refractivity (Wildman–Crippen MR) is 94.3 cm³/mol. The van der Waals surface area contributed by atoms with Crippen LogP contribution in [-0.4, -0.2) is 19.9 Å². The number of nitrogens with one attached hydrogen (secondary N) is 1. The average Bonchev–Trinajstić information content (AvgIpc) is 2.98. The Hall–Kier alpha value is -2.60. The maximum absolute atomic E-state index is 4.66. The largest absolute Gasteiger partial charge is 0.340 e. The van der Waals surface area contributed by atoms with Crippen LogP contribution in [-0.2, 0) is 0 Å². The van der Waals surface area contributed by atoms with Crippen molar-refractivity contribution in [2.45, 2.75) is 19.8 Å². The van der Waals surface area contributed by atoms with E-state index in [2.05, 4.69) is 45.2 Å². The number of rotatable bonds is 3. The van der Waals surface area contributed by atoms with Crippen LogP contribution >= 0.6 is 11.3 Å². The molecule has 1 aromatic carbocycles. The van der Waals surface area contributed by atoms with Crippen molar-refractivity contribution in [1.29, 1.82) is 0 Å². The lowest BCUT2D eigenvalue weighted by Gasteiger charge is -2.05. The minimum Gasteiger partial charge on any atom is -0.340 e. The van der Waals surface area contributed by atoms with Crippen LogP contribution in [0, 0.1) is 0 Å². The molecule has 4 rings (SSSR count). The van der Waals surface area contributed by atoms with Gasteiger partial charge < -0.3 is 5.32 Å². The third-order valence-corrected chi connectivity index (χ3v) is 4.82. The van der Waals surface area contributed by atoms with E-state index in [1.807, 2.05) is 24.3 Å². The lowest BCUT2D eigenvalue weighted by molar-refractivity contribution is 0.857. The van der Waals surface area contributed by atoms with Crippen molar-refractivity contribution in [1.82, 2.24) is 19.9 Å². The van der Waals surface area contributed by atoms with E-state index in [0.717, 1.165) is 27.5 Å². The normalized spacial score (nSPS) is 11.4. The molecule has 23 heavy (non-hydrogen) atoms. The first-order valence-corrected chi connectivity index (χ1v) is 8.26. The summed E-state index contributed by atoms with van der Waals surface area (Å²) in [6.45, 7) is 4.33. The zero-order chi connectivity index (χ0) is 15.8. The summed E-state index contributed by atoms with van der Waals surface area (Å²) in [5.41, 5.74) is 3.46. The molecular weight excluding hydrogens is 306 g/mol. The Kier molecular flexibility index (Phi) is 3.38. The summed E-state index contributed by atoms with van der Waals surface area (Å²) in [6, 6.07) is 10.0. The van der Waals surface area contributed by atoms with Crippen LogP contribution < -0.4 is 5.32 Å². The van der Waals surface area contributed by atoms with Gasteiger partial charge in [-0.1, -0.05) is 13.8 Å². The Morgan fingerprint density at radius 1 is 0.957 bits per heavy atom. The number of hydrogen-bond acceptors (Lipinski definition) is 6. The molecule has 4 aromatic rings. The first-order chi connectivity index (χ1) is 11.2. The topological polar surface area (TPSA) is 63.6 Å². The van der Waals surface area contributed by atoms with E-state index in [4.69, 9.17) is 0 Å². The van der Waals surface area contributed by atoms with Gasteiger partial charge in [0, 0.05) is 24.0 Å². The number of fused-ring (bicyclic) bond motifs is 2. The van der Waals surface area contributed by atoms with Crippen molar-refractivity contribution < 1.29 is 0 Å². The van der Waals surface area contributed by atoms with E-state index in [0.29, 0.717) is 11.6 Å². The molecule has 0 aliphatic heterocycles. The van der Waals surface area contributed by atoms with E-state index >= 15 is 0 Å². The van der Waals surface area contributed by atoms with Gasteiger partial charge in [-0.05, 0) is 30.3 Å². The first-order valence-electron chi connectivity index (χ1n) is 7.44. The molecule has 6 heteroatoms. The summed E-state index contributed by atoms with van der Waals surface area (Å²) < 4.78 is 1.18. The van der Waals surface area contributed by atoms with Crippen molar-refractivity contribution in [2.24, 2.45) is 0 Å². The van der Waals surface area contributed by atoms with Gasteiger partial charge in [-0.3, -0.25) is 4.98 Å². The van der Waals surface area contributed by atoms with Gasteiger partial charge in [0.25, 0.3) is 0 Å². The summed E-state index contributed by atoms with van der Waals surface area (Å²) in [5.74, 6) is 1.20. The number of aromatic nitrogens is 4. The van der Waals surface area contributed by atoms with Gasteiger partial charge in [-0.2, -0.15) is 0 Å². The van der Waals surface area contributed by atoms with Gasteiger partial charge in [-0.25, -0.2) is 15.0 Å². The van der Waals surface area contributed by atoms with Crippen molar-refractivity contribution in [3.8, 4) is 0 Å². The number of benzene rings is 1. The minimum atomic E-state index is 0.449. The molecule has 0 atom stereocenters. The second-order valence-electron chi connectivity index (χ2n) is 5.61. The third-order valence-electron chi connectivity index (χ3n) is 3.50. The Morgan fingerprint density at radius 2 is 1.78 bits per heavy atom. The smallest absolute Gasteiger partial charge is 0.180 e. The van der Waals surface area contributed by atoms with Crippen molar-refractivity contribution in [3.63, 3.8) is 0 Å². The molecule has 0 saturated carbocycles. The highest BCUT2D eigenvalue weighted by Crippen LogP contribution is 2.30. The standard InChI is InChI=1S/C17H15N5S/c1-10(2)17-21-12-4-3-11(9-14(12)23-17)20-15-6-5-13-16(22-15)19-8-7-18-13/h3-10H,1-2H3,(H,19,20,22). The highest BCUT2D eigenvalue weighted by Gasteiger charge is 2.08. The van der Waals surface area contributed by atoms with E-state index in [-0.39, 0.29) is 0 Å². The molecule has 0 spiro atoms.